The van der Waals surface area contributed by atoms with Gasteiger partial charge in [-0.2, -0.15) is 4.72 Å². The predicted octanol–water partition coefficient (Wildman–Crippen LogP) is 6.58. The molecule has 216 valence electrons. The highest BCUT2D eigenvalue weighted by Crippen LogP contribution is 2.32. The van der Waals surface area contributed by atoms with Crippen molar-refractivity contribution in [2.24, 2.45) is 5.92 Å². The summed E-state index contributed by atoms with van der Waals surface area (Å²) in [6.07, 6.45) is 0. The molecule has 0 saturated heterocycles. The Morgan fingerprint density at radius 2 is 1.49 bits per heavy atom. The van der Waals surface area contributed by atoms with Crippen LogP contribution in [0.3, 0.4) is 0 Å². The largest absolute Gasteiger partial charge is 0.459 e. The number of para-hydroxylation sites is 1. The number of aryl methyl sites for hydroxylation is 2. The molecule has 0 saturated carbocycles. The maximum atomic E-state index is 13.1. The molecule has 4 rings (SSSR count). The molecule has 41 heavy (non-hydrogen) atoms. The van der Waals surface area contributed by atoms with Gasteiger partial charge in [0.15, 0.2) is 0 Å². The third kappa shape index (κ3) is 7.04. The van der Waals surface area contributed by atoms with Crippen LogP contribution in [-0.4, -0.2) is 32.0 Å². The Balaban J connectivity index is 1.52. The maximum absolute atomic E-state index is 13.1. The number of benzene rings is 3. The lowest BCUT2D eigenvalue weighted by Crippen LogP contribution is -2.47. The molecule has 3 aromatic carbocycles. The van der Waals surface area contributed by atoms with Gasteiger partial charge in [-0.25, -0.2) is 13.2 Å². The molecule has 1 unspecified atom stereocenters. The lowest BCUT2D eigenvalue weighted by atomic mass is 10.00. The lowest BCUT2D eigenvalue weighted by molar-refractivity contribution is -0.158. The molecule has 0 aliphatic heterocycles. The van der Waals surface area contributed by atoms with Gasteiger partial charge in [-0.3, -0.25) is 4.79 Å². The van der Waals surface area contributed by atoms with Crippen molar-refractivity contribution in [3.05, 3.63) is 83.6 Å². The standard InChI is InChI=1S/C32H35NO7S/c1-19(2)28(31(35)40-32(5,6)7)33-41(36,37)25-14-12-22(13-15-25)24-16-20(3)29(21(4)17-24)39-30(34)27-18-23-10-8-9-11-26(23)38-27/h8-19,28,33H,1-7H3. The Morgan fingerprint density at radius 1 is 0.878 bits per heavy atom. The van der Waals surface area contributed by atoms with E-state index in [0.717, 1.165) is 27.6 Å². The molecule has 4 aromatic rings. The van der Waals surface area contributed by atoms with Crippen LogP contribution in [0.2, 0.25) is 0 Å². The van der Waals surface area contributed by atoms with Gasteiger partial charge in [0.2, 0.25) is 15.8 Å². The summed E-state index contributed by atoms with van der Waals surface area (Å²) >= 11 is 0. The summed E-state index contributed by atoms with van der Waals surface area (Å²) in [4.78, 5) is 25.5. The highest BCUT2D eigenvalue weighted by molar-refractivity contribution is 7.89. The molecule has 0 bridgehead atoms. The van der Waals surface area contributed by atoms with Gasteiger partial charge in [0.25, 0.3) is 0 Å². The average molecular weight is 578 g/mol. The number of ether oxygens (including phenoxy) is 2. The van der Waals surface area contributed by atoms with Gasteiger partial charge in [0.05, 0.1) is 4.90 Å². The van der Waals surface area contributed by atoms with Crippen LogP contribution < -0.4 is 9.46 Å². The van der Waals surface area contributed by atoms with Crippen LogP contribution in [0.25, 0.3) is 22.1 Å². The van der Waals surface area contributed by atoms with Crippen LogP contribution in [-0.2, 0) is 19.6 Å². The zero-order valence-corrected chi connectivity index (χ0v) is 25.1. The van der Waals surface area contributed by atoms with Crippen LogP contribution in [0.15, 0.2) is 76.0 Å². The van der Waals surface area contributed by atoms with Crippen LogP contribution >= 0.6 is 0 Å². The van der Waals surface area contributed by atoms with E-state index >= 15 is 0 Å². The van der Waals surface area contributed by atoms with Crippen molar-refractivity contribution in [2.45, 2.75) is 65.0 Å². The van der Waals surface area contributed by atoms with Crippen molar-refractivity contribution in [3.8, 4) is 16.9 Å². The molecular weight excluding hydrogens is 542 g/mol. The molecule has 1 aromatic heterocycles. The van der Waals surface area contributed by atoms with Crippen molar-refractivity contribution >= 4 is 32.9 Å². The summed E-state index contributed by atoms with van der Waals surface area (Å²) in [5.41, 5.74) is 2.94. The predicted molar refractivity (Wildman–Crippen MR) is 157 cm³/mol. The highest BCUT2D eigenvalue weighted by atomic mass is 32.2. The second-order valence-corrected chi connectivity index (χ2v) is 13.1. The first-order valence-corrected chi connectivity index (χ1v) is 14.8. The van der Waals surface area contributed by atoms with Crippen molar-refractivity contribution < 1.29 is 31.9 Å². The van der Waals surface area contributed by atoms with Gasteiger partial charge in [-0.05, 0) is 99.2 Å². The minimum absolute atomic E-state index is 0.0280. The van der Waals surface area contributed by atoms with Crippen molar-refractivity contribution in [2.75, 3.05) is 0 Å². The molecule has 0 radical (unpaired) electrons. The number of fused-ring (bicyclic) bond motifs is 1. The normalized spacial score (nSPS) is 12.9. The molecule has 0 aliphatic carbocycles. The van der Waals surface area contributed by atoms with Gasteiger partial charge in [-0.15, -0.1) is 0 Å². The topological polar surface area (TPSA) is 112 Å². The Hall–Kier alpha value is -3.95. The summed E-state index contributed by atoms with van der Waals surface area (Å²) in [5.74, 6) is -0.979. The highest BCUT2D eigenvalue weighted by Gasteiger charge is 2.32. The minimum atomic E-state index is -3.99. The molecule has 8 nitrogen and oxygen atoms in total. The van der Waals surface area contributed by atoms with E-state index in [0.29, 0.717) is 11.3 Å². The average Bonchev–Trinajstić information content (AvgIpc) is 3.33. The molecule has 9 heteroatoms. The first-order chi connectivity index (χ1) is 19.1. The second-order valence-electron chi connectivity index (χ2n) is 11.4. The van der Waals surface area contributed by atoms with Gasteiger partial charge >= 0.3 is 11.9 Å². The monoisotopic (exact) mass is 577 g/mol. The number of nitrogens with one attached hydrogen (secondary N) is 1. The SMILES string of the molecule is Cc1cc(-c2ccc(S(=O)(=O)NC(C(=O)OC(C)(C)C)C(C)C)cc2)cc(C)c1OC(=O)c1cc2ccccc2o1. The number of carbonyl (C=O) groups excluding carboxylic acids is 2. The van der Waals surface area contributed by atoms with E-state index in [4.69, 9.17) is 13.9 Å². The first-order valence-electron chi connectivity index (χ1n) is 13.3. The molecule has 1 atom stereocenters. The van der Waals surface area contributed by atoms with E-state index in [1.54, 1.807) is 58.9 Å². The zero-order valence-electron chi connectivity index (χ0n) is 24.3. The van der Waals surface area contributed by atoms with E-state index < -0.39 is 33.6 Å². The lowest BCUT2D eigenvalue weighted by Gasteiger charge is -2.26. The molecular formula is C32H35NO7S. The van der Waals surface area contributed by atoms with Crippen LogP contribution in [0, 0.1) is 19.8 Å². The smallest absolute Gasteiger partial charge is 0.379 e. The number of hydrogen-bond acceptors (Lipinski definition) is 7. The fourth-order valence-electron chi connectivity index (χ4n) is 4.39. The second kappa shape index (κ2) is 11.5. The van der Waals surface area contributed by atoms with Crippen LogP contribution in [0.1, 0.15) is 56.3 Å². The molecule has 1 heterocycles. The molecule has 0 fully saturated rings. The quantitative estimate of drug-likeness (QED) is 0.186. The van der Waals surface area contributed by atoms with E-state index in [9.17, 15) is 18.0 Å². The van der Waals surface area contributed by atoms with Gasteiger partial charge < -0.3 is 13.9 Å². The number of furan rings is 1. The van der Waals surface area contributed by atoms with Crippen LogP contribution in [0.4, 0.5) is 0 Å². The van der Waals surface area contributed by atoms with Crippen LogP contribution in [0.5, 0.6) is 5.75 Å². The van der Waals surface area contributed by atoms with E-state index in [1.807, 2.05) is 44.2 Å². The number of sulfonamides is 1. The summed E-state index contributed by atoms with van der Waals surface area (Å²) < 4.78 is 45.5. The third-order valence-corrected chi connectivity index (χ3v) is 7.85. The van der Waals surface area contributed by atoms with Crippen molar-refractivity contribution in [1.82, 2.24) is 4.72 Å². The Morgan fingerprint density at radius 3 is 2.05 bits per heavy atom. The molecule has 1 N–H and O–H groups in total. The molecule has 0 aliphatic rings. The minimum Gasteiger partial charge on any atom is -0.459 e. The summed E-state index contributed by atoms with van der Waals surface area (Å²) in [6.45, 7) is 12.4. The fraction of sp³-hybridized carbons (Fsp3) is 0.312. The summed E-state index contributed by atoms with van der Waals surface area (Å²) in [5, 5.41) is 0.813. The van der Waals surface area contributed by atoms with Gasteiger partial charge in [0, 0.05) is 5.39 Å². The van der Waals surface area contributed by atoms with E-state index in [1.165, 1.54) is 12.1 Å². The number of carbonyl (C=O) groups is 2. The number of esters is 2. The molecule has 0 amide bonds. The maximum Gasteiger partial charge on any atom is 0.379 e. The van der Waals surface area contributed by atoms with Gasteiger partial charge in [-0.1, -0.05) is 44.2 Å². The fourth-order valence-corrected chi connectivity index (χ4v) is 5.72. The number of rotatable bonds is 8. The number of hydrogen-bond donors (Lipinski definition) is 1. The Bertz CT molecular complexity index is 1640. The van der Waals surface area contributed by atoms with E-state index in [-0.39, 0.29) is 16.6 Å². The zero-order chi connectivity index (χ0) is 30.1. The van der Waals surface area contributed by atoms with Crippen molar-refractivity contribution in [3.63, 3.8) is 0 Å². The Labute approximate surface area is 240 Å². The summed E-state index contributed by atoms with van der Waals surface area (Å²) in [7, 11) is -3.99. The Kier molecular flexibility index (Phi) is 8.42. The summed E-state index contributed by atoms with van der Waals surface area (Å²) in [6, 6.07) is 18.1. The van der Waals surface area contributed by atoms with E-state index in [2.05, 4.69) is 4.72 Å². The van der Waals surface area contributed by atoms with Gasteiger partial charge in [0.1, 0.15) is 23.0 Å². The third-order valence-electron chi connectivity index (χ3n) is 6.39. The molecule has 0 spiro atoms. The first kappa shape index (κ1) is 30.0. The van der Waals surface area contributed by atoms with Crippen molar-refractivity contribution in [1.29, 1.82) is 0 Å².